The molecule has 1 saturated heterocycles. The Morgan fingerprint density at radius 1 is 1.11 bits per heavy atom. The van der Waals surface area contributed by atoms with Gasteiger partial charge in [-0.05, 0) is 61.9 Å². The maximum atomic E-state index is 12.5. The smallest absolute Gasteiger partial charge is 0.253 e. The lowest BCUT2D eigenvalue weighted by Gasteiger charge is -2.30. The Balaban J connectivity index is 1.47. The van der Waals surface area contributed by atoms with Gasteiger partial charge in [-0.3, -0.25) is 9.69 Å². The van der Waals surface area contributed by atoms with Gasteiger partial charge < -0.3 is 4.90 Å². The number of hydrogen-bond donors (Lipinski definition) is 0. The molecule has 2 aliphatic rings. The molecule has 1 aliphatic heterocycles. The first-order valence-electron chi connectivity index (χ1n) is 10.0. The number of benzene rings is 2. The predicted molar refractivity (Wildman–Crippen MR) is 110 cm³/mol. The van der Waals surface area contributed by atoms with Gasteiger partial charge in [0.2, 0.25) is 0 Å². The van der Waals surface area contributed by atoms with Gasteiger partial charge in [0.05, 0.1) is 0 Å². The van der Waals surface area contributed by atoms with Crippen LogP contribution in [0.15, 0.2) is 48.5 Å². The normalized spacial score (nSPS) is 18.1. The zero-order valence-corrected chi connectivity index (χ0v) is 16.7. The van der Waals surface area contributed by atoms with E-state index < -0.39 is 0 Å². The lowest BCUT2D eigenvalue weighted by molar-refractivity contribution is 0.0793. The minimum Gasteiger partial charge on any atom is -0.339 e. The maximum Gasteiger partial charge on any atom is 0.253 e. The molecule has 1 heterocycles. The SMILES string of the molecule is CC(c1ccccc1Cl)N(Cc1ccc(C(=O)N2CCCC2)cc1)C1CC1. The zero-order valence-electron chi connectivity index (χ0n) is 15.9. The standard InChI is InChI=1S/C23H27ClN2O/c1-17(21-6-2-3-7-22(21)24)26(20-12-13-20)16-18-8-10-19(11-9-18)23(27)25-14-4-5-15-25/h2-3,6-11,17,20H,4-5,12-16H2,1H3. The van der Waals surface area contributed by atoms with E-state index in [-0.39, 0.29) is 11.9 Å². The summed E-state index contributed by atoms with van der Waals surface area (Å²) in [5.41, 5.74) is 3.24. The quantitative estimate of drug-likeness (QED) is 0.676. The van der Waals surface area contributed by atoms with Crippen molar-refractivity contribution in [1.29, 1.82) is 0 Å². The summed E-state index contributed by atoms with van der Waals surface area (Å²) in [6, 6.07) is 17.2. The van der Waals surface area contributed by atoms with E-state index >= 15 is 0 Å². The summed E-state index contributed by atoms with van der Waals surface area (Å²) >= 11 is 6.44. The summed E-state index contributed by atoms with van der Waals surface area (Å²) in [5.74, 6) is 0.169. The van der Waals surface area contributed by atoms with Crippen molar-refractivity contribution in [3.63, 3.8) is 0 Å². The third-order valence-electron chi connectivity index (χ3n) is 5.83. The maximum absolute atomic E-state index is 12.5. The van der Waals surface area contributed by atoms with Crippen molar-refractivity contribution in [1.82, 2.24) is 9.80 Å². The number of carbonyl (C=O) groups is 1. The van der Waals surface area contributed by atoms with Crippen LogP contribution in [0.5, 0.6) is 0 Å². The summed E-state index contributed by atoms with van der Waals surface area (Å²) in [7, 11) is 0. The molecule has 0 bridgehead atoms. The van der Waals surface area contributed by atoms with Gasteiger partial charge in [0.15, 0.2) is 0 Å². The topological polar surface area (TPSA) is 23.6 Å². The summed E-state index contributed by atoms with van der Waals surface area (Å²) in [6.07, 6.45) is 4.75. The second kappa shape index (κ2) is 8.04. The van der Waals surface area contributed by atoms with Gasteiger partial charge in [0.25, 0.3) is 5.91 Å². The molecule has 142 valence electrons. The molecule has 1 saturated carbocycles. The number of hydrogen-bond acceptors (Lipinski definition) is 2. The molecular weight excluding hydrogens is 356 g/mol. The number of likely N-dealkylation sites (tertiary alicyclic amines) is 1. The zero-order chi connectivity index (χ0) is 18.8. The molecule has 0 aromatic heterocycles. The van der Waals surface area contributed by atoms with Crippen molar-refractivity contribution < 1.29 is 4.79 Å². The van der Waals surface area contributed by atoms with Crippen LogP contribution in [0, 0.1) is 0 Å². The minimum atomic E-state index is 0.169. The van der Waals surface area contributed by atoms with Crippen molar-refractivity contribution >= 4 is 17.5 Å². The van der Waals surface area contributed by atoms with Crippen molar-refractivity contribution in [2.75, 3.05) is 13.1 Å². The van der Waals surface area contributed by atoms with Gasteiger partial charge in [-0.15, -0.1) is 0 Å². The van der Waals surface area contributed by atoms with Crippen LogP contribution >= 0.6 is 11.6 Å². The molecule has 1 unspecified atom stereocenters. The molecule has 0 N–H and O–H groups in total. The molecular formula is C23H27ClN2O. The summed E-state index contributed by atoms with van der Waals surface area (Å²) in [4.78, 5) is 17.0. The van der Waals surface area contributed by atoms with Crippen LogP contribution < -0.4 is 0 Å². The highest BCUT2D eigenvalue weighted by atomic mass is 35.5. The van der Waals surface area contributed by atoms with Crippen LogP contribution in [-0.2, 0) is 6.54 Å². The molecule has 1 aliphatic carbocycles. The number of carbonyl (C=O) groups excluding carboxylic acids is 1. The van der Waals surface area contributed by atoms with E-state index in [1.807, 2.05) is 29.2 Å². The lowest BCUT2D eigenvalue weighted by atomic mass is 10.0. The summed E-state index contributed by atoms with van der Waals surface area (Å²) in [6.45, 7) is 4.91. The number of rotatable bonds is 6. The first-order chi connectivity index (χ1) is 13.1. The molecule has 4 heteroatoms. The van der Waals surface area contributed by atoms with Crippen LogP contribution in [0.25, 0.3) is 0 Å². The van der Waals surface area contributed by atoms with E-state index in [2.05, 4.69) is 36.1 Å². The van der Waals surface area contributed by atoms with E-state index in [1.165, 1.54) is 24.0 Å². The van der Waals surface area contributed by atoms with Gasteiger partial charge in [-0.2, -0.15) is 0 Å². The number of halogens is 1. The highest BCUT2D eigenvalue weighted by molar-refractivity contribution is 6.31. The summed E-state index contributed by atoms with van der Waals surface area (Å²) in [5, 5.41) is 0.835. The van der Waals surface area contributed by atoms with Crippen molar-refractivity contribution in [3.8, 4) is 0 Å². The van der Waals surface area contributed by atoms with E-state index in [1.54, 1.807) is 0 Å². The monoisotopic (exact) mass is 382 g/mol. The molecule has 0 radical (unpaired) electrons. The van der Waals surface area contributed by atoms with Gasteiger partial charge in [-0.1, -0.05) is 41.9 Å². The van der Waals surface area contributed by atoms with Gasteiger partial charge in [0, 0.05) is 42.3 Å². The van der Waals surface area contributed by atoms with Crippen molar-refractivity contribution in [3.05, 3.63) is 70.2 Å². The Kier molecular flexibility index (Phi) is 5.51. The molecule has 27 heavy (non-hydrogen) atoms. The fraction of sp³-hybridized carbons (Fsp3) is 0.435. The molecule has 1 atom stereocenters. The van der Waals surface area contributed by atoms with Crippen LogP contribution in [0.3, 0.4) is 0 Å². The largest absolute Gasteiger partial charge is 0.339 e. The Labute approximate surface area is 166 Å². The van der Waals surface area contributed by atoms with Crippen LogP contribution in [0.4, 0.5) is 0 Å². The molecule has 0 spiro atoms. The Morgan fingerprint density at radius 3 is 2.41 bits per heavy atom. The molecule has 2 aromatic rings. The average molecular weight is 383 g/mol. The Hall–Kier alpha value is -1.84. The molecule has 3 nitrogen and oxygen atoms in total. The molecule has 4 rings (SSSR count). The second-order valence-corrected chi connectivity index (χ2v) is 8.20. The van der Waals surface area contributed by atoms with E-state index in [0.29, 0.717) is 6.04 Å². The van der Waals surface area contributed by atoms with E-state index in [9.17, 15) is 4.79 Å². The van der Waals surface area contributed by atoms with Crippen LogP contribution in [0.1, 0.15) is 60.1 Å². The van der Waals surface area contributed by atoms with Crippen LogP contribution in [0.2, 0.25) is 5.02 Å². The molecule has 1 amide bonds. The third kappa shape index (κ3) is 4.20. The Morgan fingerprint density at radius 2 is 1.78 bits per heavy atom. The van der Waals surface area contributed by atoms with E-state index in [0.717, 1.165) is 43.1 Å². The molecule has 2 fully saturated rings. The van der Waals surface area contributed by atoms with Gasteiger partial charge in [-0.25, -0.2) is 0 Å². The van der Waals surface area contributed by atoms with E-state index in [4.69, 9.17) is 11.6 Å². The second-order valence-electron chi connectivity index (χ2n) is 7.80. The fourth-order valence-electron chi connectivity index (χ4n) is 4.05. The number of nitrogens with zero attached hydrogens (tertiary/aromatic N) is 2. The third-order valence-corrected chi connectivity index (χ3v) is 6.17. The average Bonchev–Trinajstić information content (AvgIpc) is 3.38. The van der Waals surface area contributed by atoms with Crippen molar-refractivity contribution in [2.45, 2.75) is 51.2 Å². The van der Waals surface area contributed by atoms with Gasteiger partial charge >= 0.3 is 0 Å². The van der Waals surface area contributed by atoms with Gasteiger partial charge in [0.1, 0.15) is 0 Å². The molecule has 2 aromatic carbocycles. The highest BCUT2D eigenvalue weighted by Gasteiger charge is 2.33. The Bertz CT molecular complexity index is 794. The fourth-order valence-corrected chi connectivity index (χ4v) is 4.34. The highest BCUT2D eigenvalue weighted by Crippen LogP contribution is 2.37. The van der Waals surface area contributed by atoms with Crippen LogP contribution in [-0.4, -0.2) is 34.8 Å². The van der Waals surface area contributed by atoms with Crippen molar-refractivity contribution in [2.24, 2.45) is 0 Å². The predicted octanol–water partition coefficient (Wildman–Crippen LogP) is 5.30. The minimum absolute atomic E-state index is 0.169. The lowest BCUT2D eigenvalue weighted by Crippen LogP contribution is -2.29. The summed E-state index contributed by atoms with van der Waals surface area (Å²) < 4.78 is 0. The number of amides is 1. The first kappa shape index (κ1) is 18.5. The first-order valence-corrected chi connectivity index (χ1v) is 10.4.